The average Bonchev–Trinajstić information content (AvgIpc) is 2.33. The van der Waals surface area contributed by atoms with Crippen molar-refractivity contribution >= 4 is 40.7 Å². The zero-order chi connectivity index (χ0) is 17.2. The third-order valence-corrected chi connectivity index (χ3v) is 5.07. The van der Waals surface area contributed by atoms with Crippen LogP contribution in [0, 0.1) is 0 Å². The van der Waals surface area contributed by atoms with Crippen LogP contribution < -0.4 is 17.3 Å². The Morgan fingerprint density at radius 1 is 1.17 bits per heavy atom. The summed E-state index contributed by atoms with van der Waals surface area (Å²) in [5.41, 5.74) is 0.110. The number of hydrogen-bond donors (Lipinski definition) is 1. The molecule has 2 aliphatic heterocycles. The molecule has 0 radical (unpaired) electrons. The number of β-lactam (4-membered cyclic amide) rings is 1. The van der Waals surface area contributed by atoms with Crippen molar-refractivity contribution in [3.8, 4) is 0 Å². The molecule has 1 N–H and O–H groups in total. The van der Waals surface area contributed by atoms with Gasteiger partial charge in [-0.3, -0.25) is 4.79 Å². The normalized spacial score (nSPS) is 30.0. The van der Waals surface area contributed by atoms with Gasteiger partial charge in [0.05, 0.1) is 12.1 Å². The summed E-state index contributed by atoms with van der Waals surface area (Å²) in [6.07, 6.45) is 3.62. The number of halogens is 4. The molecule has 2 rings (SSSR count). The predicted molar refractivity (Wildman–Crippen MR) is 94.9 cm³/mol. The molecule has 0 bridgehead atoms. The Bertz CT molecular complexity index is 382. The van der Waals surface area contributed by atoms with Gasteiger partial charge < -0.3 is 22.2 Å². The van der Waals surface area contributed by atoms with Gasteiger partial charge in [-0.2, -0.15) is 0 Å². The van der Waals surface area contributed by atoms with Gasteiger partial charge in [0.15, 0.2) is 10.3 Å². The number of fused-ring (bicyclic) bond motifs is 1. The summed E-state index contributed by atoms with van der Waals surface area (Å²) < 4.78 is -0.750. The van der Waals surface area contributed by atoms with Gasteiger partial charge >= 0.3 is 0 Å². The second-order valence-corrected chi connectivity index (χ2v) is 9.28. The number of nitrogens with zero attached hydrogens (tertiary/aromatic N) is 1. The van der Waals surface area contributed by atoms with Gasteiger partial charge in [0.1, 0.15) is 5.54 Å². The lowest BCUT2D eigenvalue weighted by molar-refractivity contribution is -0.967. The zero-order valence-electron chi connectivity index (χ0n) is 14.9. The summed E-state index contributed by atoms with van der Waals surface area (Å²) in [7, 11) is 0. The van der Waals surface area contributed by atoms with E-state index in [0.29, 0.717) is 24.0 Å². The summed E-state index contributed by atoms with van der Waals surface area (Å²) in [6.45, 7) is 13.5. The first-order valence-electron chi connectivity index (χ1n) is 8.16. The van der Waals surface area contributed by atoms with Gasteiger partial charge in [-0.25, -0.2) is 0 Å². The smallest absolute Gasteiger partial charge is 0.284 e. The monoisotopic (exact) mass is 406 g/mol. The van der Waals surface area contributed by atoms with Crippen LogP contribution >= 0.6 is 34.8 Å². The van der Waals surface area contributed by atoms with Crippen LogP contribution in [0.2, 0.25) is 0 Å². The number of alkyl halides is 3. The Kier molecular flexibility index (Phi) is 9.57. The lowest BCUT2D eigenvalue weighted by Gasteiger charge is -2.62. The molecule has 0 unspecified atom stereocenters. The number of piperidine rings is 1. The van der Waals surface area contributed by atoms with E-state index in [1.807, 2.05) is 0 Å². The van der Waals surface area contributed by atoms with Crippen molar-refractivity contribution in [3.63, 3.8) is 0 Å². The van der Waals surface area contributed by atoms with Crippen LogP contribution in [0.1, 0.15) is 60.8 Å². The largest absolute Gasteiger partial charge is 1.00 e. The molecule has 2 aliphatic rings. The topological polar surface area (TPSA) is 24.8 Å². The molecule has 0 aromatic rings. The lowest BCUT2D eigenvalue weighted by Crippen LogP contribution is -3.27. The van der Waals surface area contributed by atoms with Crippen molar-refractivity contribution in [1.29, 1.82) is 0 Å². The minimum absolute atomic E-state index is 0. The number of amides is 1. The molecule has 23 heavy (non-hydrogen) atoms. The fourth-order valence-electron chi connectivity index (χ4n) is 4.43. The van der Waals surface area contributed by atoms with E-state index >= 15 is 0 Å². The highest BCUT2D eigenvalue weighted by molar-refractivity contribution is 6.63. The highest BCUT2D eigenvalue weighted by atomic mass is 35.6. The summed E-state index contributed by atoms with van der Waals surface area (Å²) >= 11 is 14.4. The van der Waals surface area contributed by atoms with E-state index in [4.69, 9.17) is 34.8 Å². The molecule has 3 atom stereocenters. The molecule has 0 spiro atoms. The first-order valence-corrected chi connectivity index (χ1v) is 9.47. The van der Waals surface area contributed by atoms with Crippen LogP contribution in [0.25, 0.3) is 0 Å². The van der Waals surface area contributed by atoms with E-state index in [1.54, 1.807) is 0 Å². The van der Waals surface area contributed by atoms with Crippen molar-refractivity contribution < 1.29 is 22.1 Å². The van der Waals surface area contributed by atoms with Crippen LogP contribution in [0.4, 0.5) is 0 Å². The molecule has 2 saturated heterocycles. The Balaban J connectivity index is 0.000000871. The van der Waals surface area contributed by atoms with Crippen LogP contribution in [-0.2, 0) is 4.79 Å². The average molecular weight is 408 g/mol. The lowest BCUT2D eigenvalue weighted by atomic mass is 9.70. The zero-order valence-corrected chi connectivity index (χ0v) is 17.9. The number of carbonyl (C=O) groups is 1. The fourth-order valence-corrected chi connectivity index (χ4v) is 4.43. The maximum Gasteiger partial charge on any atom is 0.284 e. The summed E-state index contributed by atoms with van der Waals surface area (Å²) in [4.78, 5) is 16.2. The van der Waals surface area contributed by atoms with Crippen LogP contribution in [0.5, 0.6) is 0 Å². The summed E-state index contributed by atoms with van der Waals surface area (Å²) in [5.74, 6) is 0.391. The minimum atomic E-state index is -0.750. The maximum absolute atomic E-state index is 12.6. The van der Waals surface area contributed by atoms with Crippen molar-refractivity contribution in [1.82, 2.24) is 4.90 Å². The summed E-state index contributed by atoms with van der Waals surface area (Å²) in [5, 5.41) is 0. The van der Waals surface area contributed by atoms with Crippen LogP contribution in [-0.4, -0.2) is 44.8 Å². The van der Waals surface area contributed by atoms with Gasteiger partial charge in [-0.15, -0.1) is 0 Å². The Morgan fingerprint density at radius 3 is 2.00 bits per heavy atom. The molecule has 1 amide bonds. The Labute approximate surface area is 162 Å². The van der Waals surface area contributed by atoms with E-state index in [2.05, 4.69) is 46.4 Å². The van der Waals surface area contributed by atoms with Crippen LogP contribution in [0.3, 0.4) is 0 Å². The fraction of sp³-hybridized carbons (Fsp3) is 0.938. The van der Waals surface area contributed by atoms with Crippen molar-refractivity contribution in [2.45, 2.75) is 94.8 Å². The van der Waals surface area contributed by atoms with Crippen molar-refractivity contribution in [2.75, 3.05) is 0 Å². The molecule has 138 valence electrons. The first-order chi connectivity index (χ1) is 10.0. The molecule has 0 aromatic heterocycles. The molecular weight excluding hydrogens is 378 g/mol. The molecular formula is C16H30Cl4N2O. The third-order valence-electron chi connectivity index (χ3n) is 5.07. The Morgan fingerprint density at radius 2 is 1.61 bits per heavy atom. The predicted octanol–water partition coefficient (Wildman–Crippen LogP) is 0.220. The molecule has 3 nitrogen and oxygen atoms in total. The van der Waals surface area contributed by atoms with E-state index in [9.17, 15) is 4.79 Å². The summed E-state index contributed by atoms with van der Waals surface area (Å²) in [6, 6.07) is 1.64. The Hall–Kier alpha value is 0.590. The molecule has 2 fully saturated rings. The van der Waals surface area contributed by atoms with E-state index in [0.717, 1.165) is 0 Å². The number of quaternary nitrogens is 1. The van der Waals surface area contributed by atoms with Gasteiger partial charge in [0, 0.05) is 6.04 Å². The molecule has 0 aliphatic carbocycles. The van der Waals surface area contributed by atoms with Gasteiger partial charge in [-0.05, 0) is 60.8 Å². The third kappa shape index (κ3) is 5.04. The van der Waals surface area contributed by atoms with Crippen molar-refractivity contribution in [2.24, 2.45) is 0 Å². The number of nitrogens with one attached hydrogen (secondary N) is 1. The highest BCUT2D eigenvalue weighted by Crippen LogP contribution is 2.42. The van der Waals surface area contributed by atoms with Crippen molar-refractivity contribution in [3.05, 3.63) is 0 Å². The molecule has 0 aromatic carbocycles. The van der Waals surface area contributed by atoms with E-state index in [1.165, 1.54) is 24.2 Å². The molecule has 2 heterocycles. The first kappa shape index (κ1) is 23.6. The van der Waals surface area contributed by atoms with Gasteiger partial charge in [0.25, 0.3) is 5.91 Å². The maximum atomic E-state index is 12.6. The highest BCUT2D eigenvalue weighted by Gasteiger charge is 2.65. The standard InChI is InChI=1S/C15H28N2O.CHCl3.ClH/c1-10(2)16(11(3)4)13-14(18)17-12(5)8-7-9-15(13,17)6;2-1(3)4;/h10-13H,7-9H2,1-6H3;1H;1H/t12-,13-,15+;;/m0../s1. The molecule has 0 saturated carbocycles. The number of hydrogen-bond acceptors (Lipinski definition) is 1. The van der Waals surface area contributed by atoms with E-state index in [-0.39, 0.29) is 24.0 Å². The van der Waals surface area contributed by atoms with Gasteiger partial charge in [-0.1, -0.05) is 34.8 Å². The van der Waals surface area contributed by atoms with E-state index < -0.39 is 4.30 Å². The quantitative estimate of drug-likeness (QED) is 0.525. The van der Waals surface area contributed by atoms with Crippen LogP contribution in [0.15, 0.2) is 0 Å². The number of rotatable bonds is 3. The molecule has 7 heteroatoms. The second kappa shape index (κ2) is 9.33. The minimum Gasteiger partial charge on any atom is -1.00 e. The SMILES string of the molecule is CC(C)[NH+](C(C)C)[C@H]1C(=O)N2[C@@H](C)CCC[C@]12C.ClC(Cl)Cl.[Cl-]. The number of carbonyl (C=O) groups excluding carboxylic acids is 1. The van der Waals surface area contributed by atoms with Gasteiger partial charge in [0.2, 0.25) is 0 Å². The second-order valence-electron chi connectivity index (χ2n) is 7.30.